The highest BCUT2D eigenvalue weighted by Gasteiger charge is 2.31. The number of amidine groups is 1. The average Bonchev–Trinajstić information content (AvgIpc) is 2.94. The Morgan fingerprint density at radius 3 is 2.76 bits per heavy atom. The van der Waals surface area contributed by atoms with Crippen LogP contribution in [-0.2, 0) is 14.3 Å². The molecule has 0 aliphatic carbocycles. The number of aliphatic imine (C=N–C) groups is 1. The monoisotopic (exact) mass is 365 g/mol. The maximum Gasteiger partial charge on any atom is 0.240 e. The molecule has 1 fully saturated rings. The number of anilines is 1. The van der Waals surface area contributed by atoms with Gasteiger partial charge < -0.3 is 20.1 Å². The second kappa shape index (κ2) is 10.0. The van der Waals surface area contributed by atoms with E-state index in [0.717, 1.165) is 12.2 Å². The zero-order chi connectivity index (χ0) is 18.1. The predicted octanol–water partition coefficient (Wildman–Crippen LogP) is 2.04. The first-order valence-electron chi connectivity index (χ1n) is 8.16. The summed E-state index contributed by atoms with van der Waals surface area (Å²) in [7, 11) is 1.59. The van der Waals surface area contributed by atoms with Crippen molar-refractivity contribution in [3.8, 4) is 5.75 Å². The Balaban J connectivity index is 1.81. The van der Waals surface area contributed by atoms with Gasteiger partial charge in [-0.2, -0.15) is 0 Å². The Bertz CT molecular complexity index is 619. The van der Waals surface area contributed by atoms with Crippen LogP contribution in [0.5, 0.6) is 5.75 Å². The fourth-order valence-electron chi connectivity index (χ4n) is 2.09. The molecule has 0 aromatic heterocycles. The molecule has 1 aromatic rings. The Labute approximate surface area is 151 Å². The number of carbonyl (C=O) groups excluding carboxylic acids is 2. The Kier molecular flexibility index (Phi) is 7.75. The molecule has 2 N–H and O–H groups in total. The van der Waals surface area contributed by atoms with Crippen molar-refractivity contribution in [2.75, 3.05) is 32.2 Å². The van der Waals surface area contributed by atoms with E-state index in [4.69, 9.17) is 9.47 Å². The van der Waals surface area contributed by atoms with Crippen molar-refractivity contribution < 1.29 is 19.1 Å². The summed E-state index contributed by atoms with van der Waals surface area (Å²) in [6.45, 7) is 3.67. The fraction of sp³-hybridized carbons (Fsp3) is 0.471. The third kappa shape index (κ3) is 6.39. The molecule has 1 heterocycles. The normalized spacial score (nSPS) is 18.2. The highest BCUT2D eigenvalue weighted by atomic mass is 32.2. The van der Waals surface area contributed by atoms with Crippen LogP contribution in [0.4, 0.5) is 5.69 Å². The minimum absolute atomic E-state index is 0.0912. The summed E-state index contributed by atoms with van der Waals surface area (Å²) < 4.78 is 10.4. The van der Waals surface area contributed by atoms with Crippen LogP contribution in [0.25, 0.3) is 0 Å². The van der Waals surface area contributed by atoms with E-state index in [2.05, 4.69) is 15.6 Å². The predicted molar refractivity (Wildman–Crippen MR) is 99.2 cm³/mol. The van der Waals surface area contributed by atoms with Crippen molar-refractivity contribution in [3.05, 3.63) is 24.3 Å². The van der Waals surface area contributed by atoms with Crippen LogP contribution < -0.4 is 15.4 Å². The van der Waals surface area contributed by atoms with Crippen molar-refractivity contribution >= 4 is 34.4 Å². The summed E-state index contributed by atoms with van der Waals surface area (Å²) in [4.78, 5) is 28.3. The van der Waals surface area contributed by atoms with Gasteiger partial charge in [0.1, 0.15) is 11.0 Å². The van der Waals surface area contributed by atoms with Gasteiger partial charge in [0.2, 0.25) is 11.8 Å². The minimum atomic E-state index is -0.464. The van der Waals surface area contributed by atoms with E-state index < -0.39 is 5.25 Å². The van der Waals surface area contributed by atoms with E-state index in [-0.39, 0.29) is 18.2 Å². The summed E-state index contributed by atoms with van der Waals surface area (Å²) in [5.74, 6) is 0.357. The van der Waals surface area contributed by atoms with Gasteiger partial charge in [-0.1, -0.05) is 18.7 Å². The zero-order valence-corrected chi connectivity index (χ0v) is 15.2. The zero-order valence-electron chi connectivity index (χ0n) is 14.4. The van der Waals surface area contributed by atoms with Gasteiger partial charge in [0.05, 0.1) is 19.8 Å². The maximum atomic E-state index is 12.1. The molecular weight excluding hydrogens is 342 g/mol. The van der Waals surface area contributed by atoms with Gasteiger partial charge in [-0.25, -0.2) is 0 Å². The van der Waals surface area contributed by atoms with E-state index in [0.29, 0.717) is 30.6 Å². The number of ether oxygens (including phenoxy) is 2. The van der Waals surface area contributed by atoms with E-state index in [1.54, 1.807) is 19.2 Å². The average molecular weight is 365 g/mol. The first-order valence-corrected chi connectivity index (χ1v) is 9.04. The van der Waals surface area contributed by atoms with Gasteiger partial charge in [0, 0.05) is 19.2 Å². The van der Waals surface area contributed by atoms with Gasteiger partial charge in [-0.3, -0.25) is 14.6 Å². The fourth-order valence-corrected chi connectivity index (χ4v) is 3.08. The summed E-state index contributed by atoms with van der Waals surface area (Å²) in [5, 5.41) is 5.55. The molecule has 1 atom stereocenters. The number of benzene rings is 1. The number of nitrogens with zero attached hydrogens (tertiary/aromatic N) is 1. The van der Waals surface area contributed by atoms with Crippen molar-refractivity contribution in [3.63, 3.8) is 0 Å². The van der Waals surface area contributed by atoms with Crippen LogP contribution in [0, 0.1) is 0 Å². The lowest BCUT2D eigenvalue weighted by atomic mass is 10.2. The first kappa shape index (κ1) is 19.3. The lowest BCUT2D eigenvalue weighted by molar-refractivity contribution is -0.122. The van der Waals surface area contributed by atoms with Crippen LogP contribution in [-0.4, -0.2) is 49.1 Å². The number of nitrogens with one attached hydrogen (secondary N) is 2. The third-order valence-electron chi connectivity index (χ3n) is 3.31. The molecule has 1 saturated heterocycles. The Morgan fingerprint density at radius 1 is 1.32 bits per heavy atom. The molecular formula is C17H23N3O4S. The molecule has 1 aromatic carbocycles. The lowest BCUT2D eigenvalue weighted by Crippen LogP contribution is -2.28. The minimum Gasteiger partial charge on any atom is -0.494 e. The van der Waals surface area contributed by atoms with Gasteiger partial charge in [-0.15, -0.1) is 0 Å². The number of amides is 2. The SMILES string of the molecule is CCCOc1ccc(NC(=O)CC2SC(=NCCOC)NC2=O)cc1. The Morgan fingerprint density at radius 2 is 2.08 bits per heavy atom. The molecule has 1 aliphatic rings. The molecule has 7 nitrogen and oxygen atoms in total. The van der Waals surface area contributed by atoms with Gasteiger partial charge in [0.25, 0.3) is 0 Å². The van der Waals surface area contributed by atoms with Crippen molar-refractivity contribution in [2.24, 2.45) is 4.99 Å². The van der Waals surface area contributed by atoms with Crippen LogP contribution in [0.3, 0.4) is 0 Å². The highest BCUT2D eigenvalue weighted by molar-refractivity contribution is 8.15. The van der Waals surface area contributed by atoms with Gasteiger partial charge >= 0.3 is 0 Å². The maximum absolute atomic E-state index is 12.1. The number of carbonyl (C=O) groups is 2. The van der Waals surface area contributed by atoms with Gasteiger partial charge in [0.15, 0.2) is 5.17 Å². The second-order valence-electron chi connectivity index (χ2n) is 5.40. The molecule has 8 heteroatoms. The number of rotatable bonds is 9. The van der Waals surface area contributed by atoms with Crippen molar-refractivity contribution in [1.29, 1.82) is 0 Å². The third-order valence-corrected chi connectivity index (χ3v) is 4.43. The largest absolute Gasteiger partial charge is 0.494 e. The molecule has 1 unspecified atom stereocenters. The molecule has 2 amide bonds. The van der Waals surface area contributed by atoms with Crippen LogP contribution in [0.1, 0.15) is 19.8 Å². The van der Waals surface area contributed by atoms with Crippen molar-refractivity contribution in [1.82, 2.24) is 5.32 Å². The summed E-state index contributed by atoms with van der Waals surface area (Å²) >= 11 is 1.27. The highest BCUT2D eigenvalue weighted by Crippen LogP contribution is 2.23. The number of thioether (sulfide) groups is 1. The van der Waals surface area contributed by atoms with E-state index in [1.807, 2.05) is 19.1 Å². The van der Waals surface area contributed by atoms with Crippen LogP contribution in [0.15, 0.2) is 29.3 Å². The Hall–Kier alpha value is -2.06. The molecule has 136 valence electrons. The molecule has 1 aliphatic heterocycles. The van der Waals surface area contributed by atoms with Crippen LogP contribution >= 0.6 is 11.8 Å². The van der Waals surface area contributed by atoms with E-state index >= 15 is 0 Å². The molecule has 25 heavy (non-hydrogen) atoms. The smallest absolute Gasteiger partial charge is 0.240 e. The molecule has 0 radical (unpaired) electrons. The summed E-state index contributed by atoms with van der Waals surface area (Å²) in [6, 6.07) is 7.18. The summed E-state index contributed by atoms with van der Waals surface area (Å²) in [5.41, 5.74) is 0.672. The summed E-state index contributed by atoms with van der Waals surface area (Å²) in [6.07, 6.45) is 1.03. The topological polar surface area (TPSA) is 89.0 Å². The number of hydrogen-bond donors (Lipinski definition) is 2. The quantitative estimate of drug-likeness (QED) is 0.654. The van der Waals surface area contributed by atoms with Crippen LogP contribution in [0.2, 0.25) is 0 Å². The van der Waals surface area contributed by atoms with Gasteiger partial charge in [-0.05, 0) is 30.7 Å². The second-order valence-corrected chi connectivity index (χ2v) is 6.59. The lowest BCUT2D eigenvalue weighted by Gasteiger charge is -2.09. The van der Waals surface area contributed by atoms with E-state index in [1.165, 1.54) is 11.8 Å². The number of methoxy groups -OCH3 is 1. The standard InChI is InChI=1S/C17H23N3O4S/c1-3-9-24-13-6-4-12(5-7-13)19-15(21)11-14-16(22)20-17(25-14)18-8-10-23-2/h4-7,14H,3,8-11H2,1-2H3,(H,19,21)(H,18,20,22). The molecule has 0 saturated carbocycles. The molecule has 0 bridgehead atoms. The number of hydrogen-bond acceptors (Lipinski definition) is 6. The molecule has 2 rings (SSSR count). The van der Waals surface area contributed by atoms with Crippen molar-refractivity contribution in [2.45, 2.75) is 25.0 Å². The first-order chi connectivity index (χ1) is 12.1. The molecule has 0 spiro atoms. The van der Waals surface area contributed by atoms with E-state index in [9.17, 15) is 9.59 Å².